The lowest BCUT2D eigenvalue weighted by Gasteiger charge is -2.10. The number of halogens is 1. The van der Waals surface area contributed by atoms with Crippen molar-refractivity contribution in [3.05, 3.63) is 59.4 Å². The molecule has 0 saturated carbocycles. The van der Waals surface area contributed by atoms with Crippen LogP contribution in [-0.2, 0) is 6.42 Å². The maximum absolute atomic E-state index is 13.8. The molecule has 2 aromatic carbocycles. The number of Topliss-reactive ketones (excluding diaryl/α,β-unsaturated/α-hetero) is 1. The van der Waals surface area contributed by atoms with Crippen molar-refractivity contribution in [3.8, 4) is 11.5 Å². The Bertz CT molecular complexity index is 603. The highest BCUT2D eigenvalue weighted by Gasteiger charge is 2.14. The van der Waals surface area contributed by atoms with Gasteiger partial charge >= 0.3 is 0 Å². The molecule has 0 fully saturated rings. The third-order valence-electron chi connectivity index (χ3n) is 3.03. The highest BCUT2D eigenvalue weighted by molar-refractivity contribution is 5.96. The van der Waals surface area contributed by atoms with Gasteiger partial charge in [0, 0.05) is 0 Å². The van der Waals surface area contributed by atoms with Gasteiger partial charge in [0.2, 0.25) is 0 Å². The molecule has 0 N–H and O–H groups in total. The second-order valence-electron chi connectivity index (χ2n) is 4.67. The van der Waals surface area contributed by atoms with Crippen LogP contribution in [-0.4, -0.2) is 5.78 Å². The van der Waals surface area contributed by atoms with Crippen molar-refractivity contribution in [3.63, 3.8) is 0 Å². The maximum Gasteiger partial charge on any atom is 0.173 e. The Morgan fingerprint density at radius 2 is 1.85 bits per heavy atom. The Hall–Kier alpha value is -2.16. The van der Waals surface area contributed by atoms with E-state index in [9.17, 15) is 9.18 Å². The number of aryl methyl sites for hydroxylation is 1. The molecule has 2 nitrogen and oxygen atoms in total. The van der Waals surface area contributed by atoms with Gasteiger partial charge in [-0.25, -0.2) is 4.39 Å². The number of hydrogen-bond acceptors (Lipinski definition) is 2. The molecule has 2 aromatic rings. The lowest BCUT2D eigenvalue weighted by Crippen LogP contribution is -1.99. The third kappa shape index (κ3) is 3.23. The Kier molecular flexibility index (Phi) is 4.51. The second kappa shape index (κ2) is 6.33. The number of rotatable bonds is 5. The quantitative estimate of drug-likeness (QED) is 0.733. The molecule has 0 bridgehead atoms. The molecule has 0 aliphatic rings. The van der Waals surface area contributed by atoms with Gasteiger partial charge < -0.3 is 4.74 Å². The van der Waals surface area contributed by atoms with Gasteiger partial charge in [0.25, 0.3) is 0 Å². The van der Waals surface area contributed by atoms with Crippen molar-refractivity contribution >= 4 is 5.78 Å². The van der Waals surface area contributed by atoms with Gasteiger partial charge in [0.05, 0.1) is 5.56 Å². The molecule has 0 aliphatic heterocycles. The Balaban J connectivity index is 2.27. The van der Waals surface area contributed by atoms with Crippen LogP contribution in [0.4, 0.5) is 4.39 Å². The first-order valence-electron chi connectivity index (χ1n) is 6.68. The van der Waals surface area contributed by atoms with Crippen LogP contribution in [0, 0.1) is 5.82 Å². The fourth-order valence-electron chi connectivity index (χ4n) is 2.02. The van der Waals surface area contributed by atoms with Crippen LogP contribution in [0.1, 0.15) is 36.2 Å². The van der Waals surface area contributed by atoms with Crippen LogP contribution in [0.2, 0.25) is 0 Å². The summed E-state index contributed by atoms with van der Waals surface area (Å²) in [6.07, 6.45) is 2.07. The summed E-state index contributed by atoms with van der Waals surface area (Å²) in [5.41, 5.74) is 1.46. The van der Waals surface area contributed by atoms with Crippen molar-refractivity contribution in [1.82, 2.24) is 0 Å². The van der Waals surface area contributed by atoms with Crippen LogP contribution >= 0.6 is 0 Å². The predicted molar refractivity (Wildman–Crippen MR) is 76.9 cm³/mol. The van der Waals surface area contributed by atoms with Crippen molar-refractivity contribution in [2.75, 3.05) is 0 Å². The monoisotopic (exact) mass is 272 g/mol. The first-order valence-corrected chi connectivity index (χ1v) is 6.68. The number of ketones is 1. The van der Waals surface area contributed by atoms with Crippen LogP contribution < -0.4 is 4.74 Å². The zero-order valence-corrected chi connectivity index (χ0v) is 11.7. The summed E-state index contributed by atoms with van der Waals surface area (Å²) < 4.78 is 19.4. The van der Waals surface area contributed by atoms with Crippen molar-refractivity contribution in [2.24, 2.45) is 0 Å². The molecule has 20 heavy (non-hydrogen) atoms. The fraction of sp³-hybridized carbons (Fsp3) is 0.235. The largest absolute Gasteiger partial charge is 0.454 e. The van der Waals surface area contributed by atoms with E-state index in [1.54, 1.807) is 18.2 Å². The molecular weight excluding hydrogens is 255 g/mol. The molecular formula is C17H17FO2. The van der Waals surface area contributed by atoms with Gasteiger partial charge in [-0.1, -0.05) is 31.5 Å². The molecule has 0 radical (unpaired) electrons. The summed E-state index contributed by atoms with van der Waals surface area (Å²) in [6, 6.07) is 11.8. The average Bonchev–Trinajstić information content (AvgIpc) is 2.43. The summed E-state index contributed by atoms with van der Waals surface area (Å²) in [5, 5.41) is 0. The zero-order valence-electron chi connectivity index (χ0n) is 11.7. The molecule has 0 heterocycles. The minimum absolute atomic E-state index is 0.0109. The molecule has 2 rings (SSSR count). The van der Waals surface area contributed by atoms with E-state index in [4.69, 9.17) is 4.74 Å². The standard InChI is InChI=1S/C17H17FO2/c1-3-5-13-8-10-14(11-9-13)20-17-15(12(2)19)6-4-7-16(17)18/h4,6-11H,3,5H2,1-2H3. The summed E-state index contributed by atoms with van der Waals surface area (Å²) in [4.78, 5) is 11.5. The van der Waals surface area contributed by atoms with E-state index in [2.05, 4.69) is 6.92 Å². The van der Waals surface area contributed by atoms with E-state index in [-0.39, 0.29) is 17.1 Å². The molecule has 104 valence electrons. The van der Waals surface area contributed by atoms with Crippen LogP contribution in [0.15, 0.2) is 42.5 Å². The number of hydrogen-bond donors (Lipinski definition) is 0. The lowest BCUT2D eigenvalue weighted by atomic mass is 10.1. The topological polar surface area (TPSA) is 26.3 Å². The number of carbonyl (C=O) groups is 1. The SMILES string of the molecule is CCCc1ccc(Oc2c(F)cccc2C(C)=O)cc1. The highest BCUT2D eigenvalue weighted by atomic mass is 19.1. The van der Waals surface area contributed by atoms with Gasteiger partial charge in [-0.15, -0.1) is 0 Å². The fourth-order valence-corrected chi connectivity index (χ4v) is 2.02. The van der Waals surface area contributed by atoms with E-state index in [1.807, 2.05) is 12.1 Å². The number of benzene rings is 2. The maximum atomic E-state index is 13.8. The Morgan fingerprint density at radius 1 is 1.15 bits per heavy atom. The number of carbonyl (C=O) groups excluding carboxylic acids is 1. The molecule has 0 aliphatic carbocycles. The predicted octanol–water partition coefficient (Wildman–Crippen LogP) is 4.77. The molecule has 0 amide bonds. The van der Waals surface area contributed by atoms with Gasteiger partial charge in [0.1, 0.15) is 5.75 Å². The van der Waals surface area contributed by atoms with E-state index in [0.29, 0.717) is 5.75 Å². The Morgan fingerprint density at radius 3 is 2.45 bits per heavy atom. The van der Waals surface area contributed by atoms with E-state index < -0.39 is 5.82 Å². The van der Waals surface area contributed by atoms with Crippen LogP contribution in [0.3, 0.4) is 0 Å². The Labute approximate surface area is 118 Å². The molecule has 0 aromatic heterocycles. The molecule has 0 saturated heterocycles. The number of para-hydroxylation sites is 1. The smallest absolute Gasteiger partial charge is 0.173 e. The highest BCUT2D eigenvalue weighted by Crippen LogP contribution is 2.29. The minimum Gasteiger partial charge on any atom is -0.454 e. The average molecular weight is 272 g/mol. The van der Waals surface area contributed by atoms with Crippen molar-refractivity contribution in [2.45, 2.75) is 26.7 Å². The van der Waals surface area contributed by atoms with Gasteiger partial charge in [-0.3, -0.25) is 4.79 Å². The van der Waals surface area contributed by atoms with Gasteiger partial charge in [0.15, 0.2) is 17.3 Å². The van der Waals surface area contributed by atoms with Gasteiger partial charge in [-0.05, 0) is 43.2 Å². The third-order valence-corrected chi connectivity index (χ3v) is 3.03. The van der Waals surface area contributed by atoms with Crippen LogP contribution in [0.5, 0.6) is 11.5 Å². The first kappa shape index (κ1) is 14.3. The van der Waals surface area contributed by atoms with E-state index in [1.165, 1.54) is 24.6 Å². The van der Waals surface area contributed by atoms with E-state index >= 15 is 0 Å². The van der Waals surface area contributed by atoms with E-state index in [0.717, 1.165) is 12.8 Å². The van der Waals surface area contributed by atoms with Crippen LogP contribution in [0.25, 0.3) is 0 Å². The summed E-state index contributed by atoms with van der Waals surface area (Å²) in [6.45, 7) is 3.51. The normalized spacial score (nSPS) is 10.3. The first-order chi connectivity index (χ1) is 9.61. The zero-order chi connectivity index (χ0) is 14.5. The summed E-state index contributed by atoms with van der Waals surface area (Å²) in [5.74, 6) is -0.238. The molecule has 0 spiro atoms. The van der Waals surface area contributed by atoms with Gasteiger partial charge in [-0.2, -0.15) is 0 Å². The summed E-state index contributed by atoms with van der Waals surface area (Å²) >= 11 is 0. The molecule has 0 unspecified atom stereocenters. The lowest BCUT2D eigenvalue weighted by molar-refractivity contribution is 0.101. The second-order valence-corrected chi connectivity index (χ2v) is 4.67. The van der Waals surface area contributed by atoms with Crippen molar-refractivity contribution in [1.29, 1.82) is 0 Å². The molecule has 3 heteroatoms. The number of ether oxygens (including phenoxy) is 1. The summed E-state index contributed by atoms with van der Waals surface area (Å²) in [7, 11) is 0. The van der Waals surface area contributed by atoms with Crippen molar-refractivity contribution < 1.29 is 13.9 Å². The molecule has 0 atom stereocenters. The minimum atomic E-state index is -0.532.